The highest BCUT2D eigenvalue weighted by Crippen LogP contribution is 2.24. The molecule has 23 heavy (non-hydrogen) atoms. The third-order valence-corrected chi connectivity index (χ3v) is 3.96. The number of carbonyl (C=O) groups excluding carboxylic acids is 1. The minimum absolute atomic E-state index is 0.0321. The first kappa shape index (κ1) is 15.3. The van der Waals surface area contributed by atoms with Gasteiger partial charge in [0.1, 0.15) is 11.1 Å². The van der Waals surface area contributed by atoms with E-state index in [9.17, 15) is 9.59 Å². The lowest BCUT2D eigenvalue weighted by Crippen LogP contribution is -2.23. The van der Waals surface area contributed by atoms with Crippen molar-refractivity contribution in [2.75, 3.05) is 0 Å². The van der Waals surface area contributed by atoms with E-state index >= 15 is 0 Å². The summed E-state index contributed by atoms with van der Waals surface area (Å²) in [5.74, 6) is 0.336. The molecule has 6 heteroatoms. The van der Waals surface area contributed by atoms with Gasteiger partial charge in [0.05, 0.1) is 0 Å². The molecular weight excluding hydrogens is 294 g/mol. The van der Waals surface area contributed by atoms with E-state index in [1.165, 1.54) is 10.9 Å². The number of fused-ring (bicyclic) bond motifs is 1. The second-order valence-corrected chi connectivity index (χ2v) is 5.83. The van der Waals surface area contributed by atoms with E-state index in [0.29, 0.717) is 29.0 Å². The fourth-order valence-corrected chi connectivity index (χ4v) is 2.64. The largest absolute Gasteiger partial charge is 0.441 e. The summed E-state index contributed by atoms with van der Waals surface area (Å²) in [7, 11) is 0. The number of aryl methyl sites for hydroxylation is 2. The topological polar surface area (TPSA) is 80.9 Å². The number of H-pyrrole nitrogens is 1. The highest BCUT2D eigenvalue weighted by molar-refractivity contribution is 6.11. The molecule has 0 bridgehead atoms. The average molecular weight is 313 g/mol. The summed E-state index contributed by atoms with van der Waals surface area (Å²) in [5, 5.41) is 2.84. The van der Waals surface area contributed by atoms with Gasteiger partial charge >= 0.3 is 0 Å². The van der Waals surface area contributed by atoms with Crippen LogP contribution in [0.5, 0.6) is 0 Å². The molecule has 0 saturated carbocycles. The zero-order chi connectivity index (χ0) is 16.7. The number of rotatable bonds is 4. The quantitative estimate of drug-likeness (QED) is 0.751. The van der Waals surface area contributed by atoms with Crippen LogP contribution in [0.3, 0.4) is 0 Å². The molecule has 2 heterocycles. The van der Waals surface area contributed by atoms with Gasteiger partial charge in [0.2, 0.25) is 5.78 Å². The monoisotopic (exact) mass is 313 g/mol. The summed E-state index contributed by atoms with van der Waals surface area (Å²) in [6.45, 7) is 7.54. The fraction of sp³-hybridized carbons (Fsp3) is 0.353. The first-order valence-corrected chi connectivity index (χ1v) is 7.67. The number of ketones is 1. The molecule has 2 aromatic heterocycles. The Labute approximate surface area is 133 Å². The van der Waals surface area contributed by atoms with E-state index in [0.717, 1.165) is 5.56 Å². The van der Waals surface area contributed by atoms with E-state index in [2.05, 4.69) is 10.1 Å². The first-order chi connectivity index (χ1) is 10.9. The van der Waals surface area contributed by atoms with Gasteiger partial charge in [0.25, 0.3) is 5.56 Å². The van der Waals surface area contributed by atoms with Crippen LogP contribution in [0.25, 0.3) is 11.1 Å². The maximum Gasteiger partial charge on any atom is 0.277 e. The highest BCUT2D eigenvalue weighted by Gasteiger charge is 2.21. The van der Waals surface area contributed by atoms with E-state index < -0.39 is 0 Å². The van der Waals surface area contributed by atoms with Crippen LogP contribution in [0.4, 0.5) is 0 Å². The molecule has 0 fully saturated rings. The molecule has 0 atom stereocenters. The van der Waals surface area contributed by atoms with Crippen LogP contribution < -0.4 is 5.56 Å². The number of aromatic nitrogens is 3. The van der Waals surface area contributed by atoms with Crippen molar-refractivity contribution in [3.05, 3.63) is 51.3 Å². The number of benzene rings is 1. The molecule has 0 aliphatic rings. The second-order valence-electron chi connectivity index (χ2n) is 5.83. The van der Waals surface area contributed by atoms with Crippen LogP contribution in [0, 0.1) is 6.92 Å². The maximum atomic E-state index is 12.8. The van der Waals surface area contributed by atoms with Gasteiger partial charge in [-0.3, -0.25) is 14.3 Å². The zero-order valence-corrected chi connectivity index (χ0v) is 13.6. The van der Waals surface area contributed by atoms with Crippen molar-refractivity contribution in [1.29, 1.82) is 0 Å². The molecule has 0 aliphatic heterocycles. The number of aromatic amines is 1. The molecule has 1 aromatic carbocycles. The lowest BCUT2D eigenvalue weighted by atomic mass is 10.00. The maximum absolute atomic E-state index is 12.8. The second kappa shape index (κ2) is 5.53. The number of nitrogens with one attached hydrogen (secondary N) is 1. The minimum Gasteiger partial charge on any atom is -0.441 e. The smallest absolute Gasteiger partial charge is 0.277 e. The molecular formula is C17H19N3O3. The number of hydrogen-bond acceptors (Lipinski definition) is 4. The highest BCUT2D eigenvalue weighted by atomic mass is 16.3. The summed E-state index contributed by atoms with van der Waals surface area (Å²) in [4.78, 5) is 29.5. The Balaban J connectivity index is 2.11. The molecule has 3 rings (SSSR count). The minimum atomic E-state index is -0.307. The Morgan fingerprint density at radius 1 is 1.35 bits per heavy atom. The lowest BCUT2D eigenvalue weighted by molar-refractivity contribution is 0.103. The first-order valence-electron chi connectivity index (χ1n) is 7.67. The summed E-state index contributed by atoms with van der Waals surface area (Å²) in [6, 6.07) is 3.39. The molecule has 0 saturated heterocycles. The third-order valence-electron chi connectivity index (χ3n) is 3.96. The Hall–Kier alpha value is -2.63. The SMILES string of the molecule is CCc1nc2c(C)c(C(=O)c3c[nH]n(C(C)C)c3=O)ccc2o1. The predicted molar refractivity (Wildman–Crippen MR) is 87.0 cm³/mol. The Bertz CT molecular complexity index is 944. The van der Waals surface area contributed by atoms with E-state index in [4.69, 9.17) is 4.42 Å². The predicted octanol–water partition coefficient (Wildman–Crippen LogP) is 3.00. The molecule has 0 amide bonds. The van der Waals surface area contributed by atoms with Gasteiger partial charge in [-0.15, -0.1) is 0 Å². The Kier molecular flexibility index (Phi) is 3.67. The Morgan fingerprint density at radius 2 is 2.09 bits per heavy atom. The van der Waals surface area contributed by atoms with Crippen LogP contribution in [-0.4, -0.2) is 20.5 Å². The molecule has 0 unspecified atom stereocenters. The van der Waals surface area contributed by atoms with Crippen molar-refractivity contribution in [3.63, 3.8) is 0 Å². The van der Waals surface area contributed by atoms with Crippen molar-refractivity contribution in [3.8, 4) is 0 Å². The van der Waals surface area contributed by atoms with Crippen LogP contribution in [0.15, 0.2) is 27.5 Å². The van der Waals surface area contributed by atoms with Gasteiger partial charge in [-0.25, -0.2) is 4.98 Å². The third kappa shape index (κ3) is 2.40. The van der Waals surface area contributed by atoms with Gasteiger partial charge < -0.3 is 9.52 Å². The zero-order valence-electron chi connectivity index (χ0n) is 13.6. The van der Waals surface area contributed by atoms with Gasteiger partial charge in [-0.1, -0.05) is 6.92 Å². The molecule has 3 aromatic rings. The number of carbonyl (C=O) groups is 1. The van der Waals surface area contributed by atoms with E-state index in [1.54, 1.807) is 12.1 Å². The molecule has 1 N–H and O–H groups in total. The van der Waals surface area contributed by atoms with Gasteiger partial charge in [0, 0.05) is 24.2 Å². The van der Waals surface area contributed by atoms with Crippen LogP contribution in [-0.2, 0) is 6.42 Å². The standard InChI is InChI=1S/C17H19N3O3/c1-5-14-19-15-10(4)11(6-7-13(15)23-14)16(21)12-8-18-20(9(2)3)17(12)22/h6-9,18H,5H2,1-4H3. The van der Waals surface area contributed by atoms with Crippen molar-refractivity contribution in [2.45, 2.75) is 40.2 Å². The van der Waals surface area contributed by atoms with Crippen molar-refractivity contribution >= 4 is 16.9 Å². The van der Waals surface area contributed by atoms with Crippen molar-refractivity contribution < 1.29 is 9.21 Å². The summed E-state index contributed by atoms with van der Waals surface area (Å²) < 4.78 is 7.04. The van der Waals surface area contributed by atoms with Crippen LogP contribution >= 0.6 is 0 Å². The van der Waals surface area contributed by atoms with Crippen molar-refractivity contribution in [1.82, 2.24) is 14.8 Å². The van der Waals surface area contributed by atoms with E-state index in [1.807, 2.05) is 27.7 Å². The lowest BCUT2D eigenvalue weighted by Gasteiger charge is -2.04. The molecule has 0 spiro atoms. The van der Waals surface area contributed by atoms with Gasteiger partial charge in [-0.2, -0.15) is 0 Å². The van der Waals surface area contributed by atoms with E-state index in [-0.39, 0.29) is 22.9 Å². The van der Waals surface area contributed by atoms with Crippen molar-refractivity contribution in [2.24, 2.45) is 0 Å². The number of nitrogens with zero attached hydrogens (tertiary/aromatic N) is 2. The molecule has 6 nitrogen and oxygen atoms in total. The number of hydrogen-bond donors (Lipinski definition) is 1. The molecule has 120 valence electrons. The summed E-state index contributed by atoms with van der Waals surface area (Å²) in [6.07, 6.45) is 2.16. The molecule has 0 radical (unpaired) electrons. The van der Waals surface area contributed by atoms with Crippen LogP contribution in [0.2, 0.25) is 0 Å². The normalized spacial score (nSPS) is 11.5. The fourth-order valence-electron chi connectivity index (χ4n) is 2.64. The van der Waals surface area contributed by atoms with Crippen LogP contribution in [0.1, 0.15) is 54.2 Å². The Morgan fingerprint density at radius 3 is 2.70 bits per heavy atom. The molecule has 0 aliphatic carbocycles. The van der Waals surface area contributed by atoms with Gasteiger partial charge in [0.15, 0.2) is 11.5 Å². The average Bonchev–Trinajstić information content (AvgIpc) is 3.10. The summed E-state index contributed by atoms with van der Waals surface area (Å²) in [5.41, 5.74) is 2.37. The van der Waals surface area contributed by atoms with Gasteiger partial charge in [-0.05, 0) is 38.5 Å². The number of oxazole rings is 1. The summed E-state index contributed by atoms with van der Waals surface area (Å²) >= 11 is 0.